The molecular formula is C8H14N4O2. The van der Waals surface area contributed by atoms with Crippen molar-refractivity contribution in [2.45, 2.75) is 39.7 Å². The first-order chi connectivity index (χ1) is 6.57. The Kier molecular flexibility index (Phi) is 3.16. The Morgan fingerprint density at radius 3 is 2.64 bits per heavy atom. The zero-order chi connectivity index (χ0) is 10.7. The molecule has 0 aliphatic heterocycles. The first kappa shape index (κ1) is 10.6. The van der Waals surface area contributed by atoms with Gasteiger partial charge in [-0.15, -0.1) is 0 Å². The predicted octanol–water partition coefficient (Wildman–Crippen LogP) is 1.72. The lowest BCUT2D eigenvalue weighted by Crippen LogP contribution is -2.08. The van der Waals surface area contributed by atoms with Gasteiger partial charge in [-0.05, 0) is 25.2 Å². The van der Waals surface area contributed by atoms with E-state index in [1.54, 1.807) is 4.68 Å². The lowest BCUT2D eigenvalue weighted by molar-refractivity contribution is -0.390. The van der Waals surface area contributed by atoms with Crippen LogP contribution in [-0.2, 0) is 6.42 Å². The molecule has 0 saturated carbocycles. The summed E-state index contributed by atoms with van der Waals surface area (Å²) in [6.07, 6.45) is 1.49. The van der Waals surface area contributed by atoms with Gasteiger partial charge in [-0.2, -0.15) is 0 Å². The molecule has 0 bridgehead atoms. The Morgan fingerprint density at radius 2 is 2.21 bits per heavy atom. The van der Waals surface area contributed by atoms with Crippen molar-refractivity contribution in [1.29, 1.82) is 0 Å². The molecule has 0 aromatic carbocycles. The molecule has 0 N–H and O–H groups in total. The Hall–Kier alpha value is -1.46. The van der Waals surface area contributed by atoms with Gasteiger partial charge in [-0.1, -0.05) is 13.3 Å². The van der Waals surface area contributed by atoms with Crippen LogP contribution in [0.5, 0.6) is 0 Å². The minimum atomic E-state index is -0.475. The van der Waals surface area contributed by atoms with E-state index in [4.69, 9.17) is 0 Å². The molecule has 0 fully saturated rings. The number of nitro groups is 1. The van der Waals surface area contributed by atoms with E-state index in [-0.39, 0.29) is 11.9 Å². The molecular weight excluding hydrogens is 184 g/mol. The molecule has 0 atom stereocenters. The highest BCUT2D eigenvalue weighted by atomic mass is 16.6. The minimum absolute atomic E-state index is 0.109. The predicted molar refractivity (Wildman–Crippen MR) is 51.1 cm³/mol. The lowest BCUT2D eigenvalue weighted by atomic mass is 10.2. The molecule has 14 heavy (non-hydrogen) atoms. The van der Waals surface area contributed by atoms with E-state index < -0.39 is 4.92 Å². The van der Waals surface area contributed by atoms with Crippen LogP contribution in [0.3, 0.4) is 0 Å². The normalized spacial score (nSPS) is 10.9. The van der Waals surface area contributed by atoms with Crippen LogP contribution in [0, 0.1) is 10.1 Å². The van der Waals surface area contributed by atoms with Crippen LogP contribution in [0.15, 0.2) is 0 Å². The number of nitrogens with zero attached hydrogens (tertiary/aromatic N) is 4. The second-order valence-electron chi connectivity index (χ2n) is 3.41. The van der Waals surface area contributed by atoms with Crippen molar-refractivity contribution in [2.75, 3.05) is 0 Å². The van der Waals surface area contributed by atoms with Gasteiger partial charge in [0, 0.05) is 0 Å². The fourth-order valence-electron chi connectivity index (χ4n) is 1.32. The Balaban J connectivity index is 3.13. The summed E-state index contributed by atoms with van der Waals surface area (Å²) in [5, 5.41) is 18.0. The molecule has 6 heteroatoms. The highest BCUT2D eigenvalue weighted by Crippen LogP contribution is 2.19. The average Bonchev–Trinajstić information content (AvgIpc) is 2.48. The van der Waals surface area contributed by atoms with Crippen molar-refractivity contribution in [3.63, 3.8) is 0 Å². The van der Waals surface area contributed by atoms with Gasteiger partial charge in [-0.3, -0.25) is 0 Å². The summed E-state index contributed by atoms with van der Waals surface area (Å²) in [4.78, 5) is 10.1. The maximum Gasteiger partial charge on any atom is 0.413 e. The first-order valence-corrected chi connectivity index (χ1v) is 4.66. The monoisotopic (exact) mass is 198 g/mol. The van der Waals surface area contributed by atoms with Crippen LogP contribution in [0.4, 0.5) is 5.82 Å². The zero-order valence-corrected chi connectivity index (χ0v) is 8.60. The second-order valence-corrected chi connectivity index (χ2v) is 3.41. The highest BCUT2D eigenvalue weighted by Gasteiger charge is 2.23. The summed E-state index contributed by atoms with van der Waals surface area (Å²) in [6.45, 7) is 5.83. The molecule has 0 saturated heterocycles. The Labute approximate surface area is 82.1 Å². The van der Waals surface area contributed by atoms with Crippen molar-refractivity contribution < 1.29 is 4.92 Å². The molecule has 78 valence electrons. The van der Waals surface area contributed by atoms with Gasteiger partial charge in [0.15, 0.2) is 0 Å². The standard InChI is InChI=1S/C8H14N4O2/c1-4-5-7-8(12(13)14)9-10-11(7)6(2)3/h6H,4-5H2,1-3H3. The molecule has 0 amide bonds. The summed E-state index contributed by atoms with van der Waals surface area (Å²) < 4.78 is 1.61. The SMILES string of the molecule is CCCc1c([N+](=O)[O-])nnn1C(C)C. The molecule has 0 aliphatic rings. The topological polar surface area (TPSA) is 73.8 Å². The van der Waals surface area contributed by atoms with E-state index in [0.717, 1.165) is 6.42 Å². The molecule has 1 heterocycles. The average molecular weight is 198 g/mol. The van der Waals surface area contributed by atoms with Gasteiger partial charge >= 0.3 is 5.82 Å². The van der Waals surface area contributed by atoms with Crippen LogP contribution < -0.4 is 0 Å². The van der Waals surface area contributed by atoms with Gasteiger partial charge in [0.1, 0.15) is 10.8 Å². The number of hydrogen-bond acceptors (Lipinski definition) is 4. The fourth-order valence-corrected chi connectivity index (χ4v) is 1.32. The summed E-state index contributed by atoms with van der Waals surface area (Å²) in [5.74, 6) is -0.111. The van der Waals surface area contributed by atoms with Crippen LogP contribution in [0.1, 0.15) is 38.9 Å². The van der Waals surface area contributed by atoms with E-state index >= 15 is 0 Å². The third kappa shape index (κ3) is 1.89. The molecule has 1 rings (SSSR count). The fraction of sp³-hybridized carbons (Fsp3) is 0.750. The van der Waals surface area contributed by atoms with Crippen molar-refractivity contribution in [1.82, 2.24) is 15.0 Å². The minimum Gasteiger partial charge on any atom is -0.358 e. The van der Waals surface area contributed by atoms with Crippen molar-refractivity contribution >= 4 is 5.82 Å². The number of aromatic nitrogens is 3. The van der Waals surface area contributed by atoms with E-state index in [1.807, 2.05) is 20.8 Å². The largest absolute Gasteiger partial charge is 0.413 e. The smallest absolute Gasteiger partial charge is 0.358 e. The van der Waals surface area contributed by atoms with Crippen LogP contribution in [0.2, 0.25) is 0 Å². The van der Waals surface area contributed by atoms with Crippen molar-refractivity contribution in [3.8, 4) is 0 Å². The molecule has 0 unspecified atom stereocenters. The van der Waals surface area contributed by atoms with Gasteiger partial charge in [0.05, 0.1) is 11.3 Å². The second kappa shape index (κ2) is 4.17. The third-order valence-corrected chi connectivity index (χ3v) is 1.92. The van der Waals surface area contributed by atoms with Crippen LogP contribution in [-0.4, -0.2) is 19.9 Å². The third-order valence-electron chi connectivity index (χ3n) is 1.92. The number of hydrogen-bond donors (Lipinski definition) is 0. The van der Waals surface area contributed by atoms with E-state index in [1.165, 1.54) is 0 Å². The van der Waals surface area contributed by atoms with Gasteiger partial charge in [-0.25, -0.2) is 4.68 Å². The van der Waals surface area contributed by atoms with Crippen LogP contribution >= 0.6 is 0 Å². The maximum atomic E-state index is 10.6. The summed E-state index contributed by atoms with van der Waals surface area (Å²) in [5.41, 5.74) is 0.618. The van der Waals surface area contributed by atoms with E-state index in [0.29, 0.717) is 12.1 Å². The van der Waals surface area contributed by atoms with E-state index in [9.17, 15) is 10.1 Å². The molecule has 0 aliphatic carbocycles. The number of rotatable bonds is 4. The first-order valence-electron chi connectivity index (χ1n) is 4.66. The van der Waals surface area contributed by atoms with Gasteiger partial charge in [0.25, 0.3) is 0 Å². The van der Waals surface area contributed by atoms with Gasteiger partial charge < -0.3 is 10.1 Å². The van der Waals surface area contributed by atoms with Crippen molar-refractivity contribution in [3.05, 3.63) is 15.8 Å². The molecule has 0 spiro atoms. The molecule has 1 aromatic heterocycles. The summed E-state index contributed by atoms with van der Waals surface area (Å²) >= 11 is 0. The maximum absolute atomic E-state index is 10.6. The lowest BCUT2D eigenvalue weighted by Gasteiger charge is -2.06. The Bertz CT molecular complexity index is 332. The highest BCUT2D eigenvalue weighted by molar-refractivity contribution is 5.25. The quantitative estimate of drug-likeness (QED) is 0.545. The Morgan fingerprint density at radius 1 is 1.57 bits per heavy atom. The summed E-state index contributed by atoms with van der Waals surface area (Å²) in [6, 6.07) is 0.109. The van der Waals surface area contributed by atoms with E-state index in [2.05, 4.69) is 10.3 Å². The zero-order valence-electron chi connectivity index (χ0n) is 8.60. The molecule has 6 nitrogen and oxygen atoms in total. The molecule has 0 radical (unpaired) electrons. The van der Waals surface area contributed by atoms with Crippen LogP contribution in [0.25, 0.3) is 0 Å². The summed E-state index contributed by atoms with van der Waals surface area (Å²) in [7, 11) is 0. The van der Waals surface area contributed by atoms with Gasteiger partial charge in [0.2, 0.25) is 0 Å². The molecule has 1 aromatic rings. The van der Waals surface area contributed by atoms with Crippen molar-refractivity contribution in [2.24, 2.45) is 0 Å².